The number of aromatic nitrogens is 1. The first-order valence-electron chi connectivity index (χ1n) is 6.12. The molecule has 20 heavy (non-hydrogen) atoms. The Morgan fingerprint density at radius 2 is 2.10 bits per heavy atom. The van der Waals surface area contributed by atoms with E-state index in [-0.39, 0.29) is 18.1 Å². The molecule has 1 aliphatic rings. The van der Waals surface area contributed by atoms with Crippen molar-refractivity contribution >= 4 is 17.8 Å². The zero-order valence-electron chi connectivity index (χ0n) is 11.0. The monoisotopic (exact) mass is 277 g/mol. The minimum atomic E-state index is -1.15. The van der Waals surface area contributed by atoms with Crippen molar-refractivity contribution in [2.75, 3.05) is 13.1 Å². The van der Waals surface area contributed by atoms with Gasteiger partial charge in [-0.15, -0.1) is 0 Å². The number of carbonyl (C=O) groups excluding carboxylic acids is 2. The molecule has 1 fully saturated rings. The lowest BCUT2D eigenvalue weighted by molar-refractivity contribution is -0.126. The first-order valence-corrected chi connectivity index (χ1v) is 6.12. The standard InChI is InChI=1S/C13H15N3O4/c1-13(12(14)20)4-5-16(7-13)10(17)8-2-3-9(11(18)19)15-6-8/h2-3,6H,4-5,7H2,1H3,(H2,14,20)(H,18,19). The van der Waals surface area contributed by atoms with Crippen LogP contribution in [0.25, 0.3) is 0 Å². The number of nitrogens with zero attached hydrogens (tertiary/aromatic N) is 2. The summed E-state index contributed by atoms with van der Waals surface area (Å²) >= 11 is 0. The Bertz CT molecular complexity index is 569. The molecule has 0 aliphatic carbocycles. The average Bonchev–Trinajstić information content (AvgIpc) is 2.82. The highest BCUT2D eigenvalue weighted by Crippen LogP contribution is 2.30. The van der Waals surface area contributed by atoms with Gasteiger partial charge in [-0.25, -0.2) is 9.78 Å². The Balaban J connectivity index is 2.13. The van der Waals surface area contributed by atoms with Gasteiger partial charge in [0.1, 0.15) is 5.69 Å². The van der Waals surface area contributed by atoms with E-state index in [4.69, 9.17) is 10.8 Å². The third kappa shape index (κ3) is 2.47. The molecule has 0 aromatic carbocycles. The number of aromatic carboxylic acids is 1. The summed E-state index contributed by atoms with van der Waals surface area (Å²) in [5.41, 5.74) is 4.80. The number of nitrogens with two attached hydrogens (primary N) is 1. The highest BCUT2D eigenvalue weighted by Gasteiger charge is 2.40. The van der Waals surface area contributed by atoms with Crippen molar-refractivity contribution in [3.8, 4) is 0 Å². The zero-order valence-corrected chi connectivity index (χ0v) is 11.0. The molecule has 1 aromatic rings. The molecule has 1 aromatic heterocycles. The molecule has 0 radical (unpaired) electrons. The Labute approximate surface area is 115 Å². The predicted molar refractivity (Wildman–Crippen MR) is 69.0 cm³/mol. The molecule has 0 bridgehead atoms. The second kappa shape index (κ2) is 4.92. The molecule has 2 heterocycles. The van der Waals surface area contributed by atoms with Gasteiger partial charge in [-0.2, -0.15) is 0 Å². The third-order valence-electron chi connectivity index (χ3n) is 3.58. The summed E-state index contributed by atoms with van der Waals surface area (Å²) in [6.45, 7) is 2.44. The molecule has 1 unspecified atom stereocenters. The van der Waals surface area contributed by atoms with Crippen LogP contribution in [0.1, 0.15) is 34.2 Å². The van der Waals surface area contributed by atoms with Crippen LogP contribution >= 0.6 is 0 Å². The highest BCUT2D eigenvalue weighted by atomic mass is 16.4. The predicted octanol–water partition coefficient (Wildman–Crippen LogP) is 0.117. The number of pyridine rings is 1. The molecule has 1 saturated heterocycles. The van der Waals surface area contributed by atoms with E-state index < -0.39 is 17.3 Å². The molecule has 1 aliphatic heterocycles. The van der Waals surface area contributed by atoms with Crippen LogP contribution in [-0.4, -0.2) is 45.9 Å². The quantitative estimate of drug-likeness (QED) is 0.814. The van der Waals surface area contributed by atoms with Gasteiger partial charge in [0.05, 0.1) is 11.0 Å². The maximum Gasteiger partial charge on any atom is 0.354 e. The summed E-state index contributed by atoms with van der Waals surface area (Å²) in [5.74, 6) is -1.85. The first kappa shape index (κ1) is 14.0. The molecule has 106 valence electrons. The Morgan fingerprint density at radius 1 is 1.40 bits per heavy atom. The first-order chi connectivity index (χ1) is 9.33. The number of carboxylic acid groups (broad SMARTS) is 1. The van der Waals surface area contributed by atoms with Crippen molar-refractivity contribution in [1.29, 1.82) is 0 Å². The third-order valence-corrected chi connectivity index (χ3v) is 3.58. The molecule has 1 atom stereocenters. The smallest absolute Gasteiger partial charge is 0.354 e. The topological polar surface area (TPSA) is 114 Å². The van der Waals surface area contributed by atoms with Gasteiger partial charge in [-0.1, -0.05) is 0 Å². The molecule has 3 N–H and O–H groups in total. The number of carboxylic acids is 1. The molecule has 2 rings (SSSR count). The van der Waals surface area contributed by atoms with Gasteiger partial charge in [0, 0.05) is 19.3 Å². The molecule has 2 amide bonds. The maximum atomic E-state index is 12.2. The number of primary amides is 1. The number of hydrogen-bond acceptors (Lipinski definition) is 4. The van der Waals surface area contributed by atoms with E-state index in [1.807, 2.05) is 0 Å². The van der Waals surface area contributed by atoms with Crippen LogP contribution < -0.4 is 5.73 Å². The van der Waals surface area contributed by atoms with Crippen LogP contribution in [0, 0.1) is 5.41 Å². The Hall–Kier alpha value is -2.44. The zero-order chi connectivity index (χ0) is 14.9. The van der Waals surface area contributed by atoms with E-state index in [0.29, 0.717) is 18.5 Å². The molecule has 0 spiro atoms. The van der Waals surface area contributed by atoms with Crippen LogP contribution in [0.15, 0.2) is 18.3 Å². The largest absolute Gasteiger partial charge is 0.477 e. The van der Waals surface area contributed by atoms with Crippen LogP contribution in [-0.2, 0) is 4.79 Å². The van der Waals surface area contributed by atoms with Gasteiger partial charge >= 0.3 is 5.97 Å². The van der Waals surface area contributed by atoms with Crippen molar-refractivity contribution < 1.29 is 19.5 Å². The normalized spacial score (nSPS) is 21.8. The van der Waals surface area contributed by atoms with Crippen molar-refractivity contribution in [2.24, 2.45) is 11.1 Å². The summed E-state index contributed by atoms with van der Waals surface area (Å²) in [5, 5.41) is 8.75. The van der Waals surface area contributed by atoms with E-state index in [1.165, 1.54) is 23.2 Å². The maximum absolute atomic E-state index is 12.2. The fourth-order valence-corrected chi connectivity index (χ4v) is 2.17. The van der Waals surface area contributed by atoms with Gasteiger partial charge < -0.3 is 15.7 Å². The SMILES string of the molecule is CC1(C(N)=O)CCN(C(=O)c2ccc(C(=O)O)nc2)C1. The fraction of sp³-hybridized carbons (Fsp3) is 0.385. The Kier molecular flexibility index (Phi) is 3.44. The van der Waals surface area contributed by atoms with Crippen molar-refractivity contribution in [3.63, 3.8) is 0 Å². The van der Waals surface area contributed by atoms with E-state index in [9.17, 15) is 14.4 Å². The van der Waals surface area contributed by atoms with Gasteiger partial charge in [-0.05, 0) is 25.5 Å². The number of rotatable bonds is 3. The van der Waals surface area contributed by atoms with Crippen molar-refractivity contribution in [2.45, 2.75) is 13.3 Å². The molecular formula is C13H15N3O4. The number of hydrogen-bond donors (Lipinski definition) is 2. The van der Waals surface area contributed by atoms with Gasteiger partial charge in [0.25, 0.3) is 5.91 Å². The van der Waals surface area contributed by atoms with Crippen LogP contribution in [0.3, 0.4) is 0 Å². The van der Waals surface area contributed by atoms with E-state index in [2.05, 4.69) is 4.98 Å². The lowest BCUT2D eigenvalue weighted by Gasteiger charge is -2.21. The van der Waals surface area contributed by atoms with Crippen LogP contribution in [0.2, 0.25) is 0 Å². The van der Waals surface area contributed by atoms with Crippen molar-refractivity contribution in [3.05, 3.63) is 29.6 Å². The fourth-order valence-electron chi connectivity index (χ4n) is 2.17. The van der Waals surface area contributed by atoms with Gasteiger partial charge in [0.15, 0.2) is 0 Å². The van der Waals surface area contributed by atoms with E-state index >= 15 is 0 Å². The Morgan fingerprint density at radius 3 is 2.55 bits per heavy atom. The van der Waals surface area contributed by atoms with E-state index in [1.54, 1.807) is 6.92 Å². The van der Waals surface area contributed by atoms with Gasteiger partial charge in [-0.3, -0.25) is 9.59 Å². The summed E-state index contributed by atoms with van der Waals surface area (Å²) in [6, 6.07) is 2.69. The minimum absolute atomic E-state index is 0.120. The summed E-state index contributed by atoms with van der Waals surface area (Å²) < 4.78 is 0. The molecule has 7 nitrogen and oxygen atoms in total. The lowest BCUT2D eigenvalue weighted by atomic mass is 9.89. The van der Waals surface area contributed by atoms with Crippen LogP contribution in [0.4, 0.5) is 0 Å². The number of likely N-dealkylation sites (tertiary alicyclic amines) is 1. The molecular weight excluding hydrogens is 262 g/mol. The second-order valence-corrected chi connectivity index (χ2v) is 5.14. The summed E-state index contributed by atoms with van der Waals surface area (Å²) in [6.07, 6.45) is 1.75. The number of carbonyl (C=O) groups is 3. The van der Waals surface area contributed by atoms with Crippen molar-refractivity contribution in [1.82, 2.24) is 9.88 Å². The second-order valence-electron chi connectivity index (χ2n) is 5.14. The molecule has 0 saturated carbocycles. The minimum Gasteiger partial charge on any atom is -0.477 e. The number of amides is 2. The summed E-state index contributed by atoms with van der Waals surface area (Å²) in [4.78, 5) is 39.5. The van der Waals surface area contributed by atoms with Crippen LogP contribution in [0.5, 0.6) is 0 Å². The average molecular weight is 277 g/mol. The summed E-state index contributed by atoms with van der Waals surface area (Å²) in [7, 11) is 0. The lowest BCUT2D eigenvalue weighted by Crippen LogP contribution is -2.38. The van der Waals surface area contributed by atoms with E-state index in [0.717, 1.165) is 0 Å². The van der Waals surface area contributed by atoms with Gasteiger partial charge in [0.2, 0.25) is 5.91 Å². The highest BCUT2D eigenvalue weighted by molar-refractivity contribution is 5.95. The molecule has 7 heteroatoms.